The molecule has 0 atom stereocenters. The molecule has 1 aromatic carbocycles. The van der Waals surface area contributed by atoms with Crippen molar-refractivity contribution < 1.29 is 13.9 Å². The molecule has 2 aromatic rings. The molecule has 3 rings (SSSR count). The van der Waals surface area contributed by atoms with Crippen molar-refractivity contribution in [2.24, 2.45) is 0 Å². The van der Waals surface area contributed by atoms with E-state index in [9.17, 15) is 9.18 Å². The Morgan fingerprint density at radius 1 is 1.12 bits per heavy atom. The van der Waals surface area contributed by atoms with Gasteiger partial charge in [0.25, 0.3) is 5.91 Å². The van der Waals surface area contributed by atoms with Gasteiger partial charge in [-0.1, -0.05) is 18.2 Å². The number of aromatic nitrogens is 1. The number of carbonyl (C=O) groups excluding carboxylic acids is 1. The van der Waals surface area contributed by atoms with Gasteiger partial charge in [0.1, 0.15) is 11.5 Å². The van der Waals surface area contributed by atoms with E-state index < -0.39 is 0 Å². The molecule has 0 radical (unpaired) electrons. The van der Waals surface area contributed by atoms with Crippen LogP contribution in [-0.2, 0) is 11.3 Å². The highest BCUT2D eigenvalue weighted by molar-refractivity contribution is 5.95. The smallest absolute Gasteiger partial charge is 0.270 e. The van der Waals surface area contributed by atoms with Crippen LogP contribution in [0.25, 0.3) is 0 Å². The van der Waals surface area contributed by atoms with Crippen LogP contribution in [0.15, 0.2) is 24.3 Å². The van der Waals surface area contributed by atoms with Gasteiger partial charge >= 0.3 is 0 Å². The summed E-state index contributed by atoms with van der Waals surface area (Å²) in [6.45, 7) is 8.65. The molecule has 0 unspecified atom stereocenters. The average molecular weight is 330 g/mol. The van der Waals surface area contributed by atoms with Gasteiger partial charge in [-0.15, -0.1) is 0 Å². The monoisotopic (exact) mass is 330 g/mol. The van der Waals surface area contributed by atoms with E-state index in [1.54, 1.807) is 12.1 Å². The van der Waals surface area contributed by atoms with Crippen LogP contribution in [0.2, 0.25) is 0 Å². The molecule has 1 aliphatic rings. The first-order valence-electron chi connectivity index (χ1n) is 8.27. The van der Waals surface area contributed by atoms with E-state index in [1.165, 1.54) is 6.07 Å². The quantitative estimate of drug-likeness (QED) is 0.867. The lowest BCUT2D eigenvalue weighted by molar-refractivity contribution is 0.0295. The number of morpholine rings is 1. The number of hydrogen-bond donors (Lipinski definition) is 0. The van der Waals surface area contributed by atoms with Crippen LogP contribution in [0.4, 0.5) is 4.39 Å². The lowest BCUT2D eigenvalue weighted by Crippen LogP contribution is -2.41. The predicted octanol–water partition coefficient (Wildman–Crippen LogP) is 3.07. The molecule has 1 aliphatic heterocycles. The highest BCUT2D eigenvalue weighted by atomic mass is 19.1. The average Bonchev–Trinajstić information content (AvgIpc) is 2.81. The SMILES string of the molecule is Cc1c(C)c(C(=O)N2CCOCC2)n(Cc2ccccc2F)c1C. The summed E-state index contributed by atoms with van der Waals surface area (Å²) in [5, 5.41) is 0. The lowest BCUT2D eigenvalue weighted by Gasteiger charge is -2.27. The van der Waals surface area contributed by atoms with E-state index in [-0.39, 0.29) is 11.7 Å². The standard InChI is InChI=1S/C19H23FN2O2/c1-13-14(2)18(19(23)21-8-10-24-11-9-21)22(15(13)3)12-16-6-4-5-7-17(16)20/h4-7H,8-12H2,1-3H3. The van der Waals surface area contributed by atoms with E-state index in [2.05, 4.69) is 0 Å². The fourth-order valence-electron chi connectivity index (χ4n) is 3.21. The van der Waals surface area contributed by atoms with Crippen molar-refractivity contribution in [1.29, 1.82) is 0 Å². The largest absolute Gasteiger partial charge is 0.378 e. The molecule has 24 heavy (non-hydrogen) atoms. The third-order valence-electron chi connectivity index (χ3n) is 4.92. The maximum atomic E-state index is 14.1. The van der Waals surface area contributed by atoms with Crippen molar-refractivity contribution in [3.05, 3.63) is 58.2 Å². The van der Waals surface area contributed by atoms with Gasteiger partial charge in [0.15, 0.2) is 0 Å². The van der Waals surface area contributed by atoms with Gasteiger partial charge in [0.2, 0.25) is 0 Å². The van der Waals surface area contributed by atoms with Crippen LogP contribution in [0.5, 0.6) is 0 Å². The number of amides is 1. The molecule has 0 spiro atoms. The second kappa shape index (κ2) is 6.77. The number of benzene rings is 1. The first-order valence-corrected chi connectivity index (χ1v) is 8.27. The maximum absolute atomic E-state index is 14.1. The molecule has 0 N–H and O–H groups in total. The Morgan fingerprint density at radius 2 is 1.79 bits per heavy atom. The Morgan fingerprint density at radius 3 is 2.46 bits per heavy atom. The van der Waals surface area contributed by atoms with E-state index in [4.69, 9.17) is 4.74 Å². The van der Waals surface area contributed by atoms with E-state index in [1.807, 2.05) is 36.3 Å². The fraction of sp³-hybridized carbons (Fsp3) is 0.421. The molecule has 0 saturated carbocycles. The van der Waals surface area contributed by atoms with Gasteiger partial charge in [-0.25, -0.2) is 4.39 Å². The van der Waals surface area contributed by atoms with Gasteiger partial charge < -0.3 is 14.2 Å². The number of ether oxygens (including phenoxy) is 1. The summed E-state index contributed by atoms with van der Waals surface area (Å²) >= 11 is 0. The third-order valence-corrected chi connectivity index (χ3v) is 4.92. The summed E-state index contributed by atoms with van der Waals surface area (Å²) in [4.78, 5) is 14.9. The van der Waals surface area contributed by atoms with E-state index in [0.717, 1.165) is 16.8 Å². The van der Waals surface area contributed by atoms with Crippen molar-refractivity contribution in [3.63, 3.8) is 0 Å². The molecule has 2 heterocycles. The van der Waals surface area contributed by atoms with E-state index in [0.29, 0.717) is 44.1 Å². The van der Waals surface area contributed by atoms with Crippen LogP contribution in [0, 0.1) is 26.6 Å². The molecule has 0 bridgehead atoms. The van der Waals surface area contributed by atoms with Crippen molar-refractivity contribution in [2.75, 3.05) is 26.3 Å². The summed E-state index contributed by atoms with van der Waals surface area (Å²) in [6.07, 6.45) is 0. The second-order valence-electron chi connectivity index (χ2n) is 6.27. The Hall–Kier alpha value is -2.14. The highest BCUT2D eigenvalue weighted by Gasteiger charge is 2.26. The number of rotatable bonds is 3. The zero-order valence-corrected chi connectivity index (χ0v) is 14.4. The maximum Gasteiger partial charge on any atom is 0.270 e. The number of carbonyl (C=O) groups is 1. The van der Waals surface area contributed by atoms with Gasteiger partial charge in [-0.3, -0.25) is 4.79 Å². The van der Waals surface area contributed by atoms with Crippen molar-refractivity contribution in [1.82, 2.24) is 9.47 Å². The second-order valence-corrected chi connectivity index (χ2v) is 6.27. The van der Waals surface area contributed by atoms with Gasteiger partial charge in [0, 0.05) is 24.3 Å². The molecule has 1 saturated heterocycles. The van der Waals surface area contributed by atoms with Crippen LogP contribution in [0.1, 0.15) is 32.9 Å². The molecule has 0 aliphatic carbocycles. The minimum Gasteiger partial charge on any atom is -0.378 e. The van der Waals surface area contributed by atoms with Crippen molar-refractivity contribution in [3.8, 4) is 0 Å². The minimum absolute atomic E-state index is 0.00309. The lowest BCUT2D eigenvalue weighted by atomic mass is 10.1. The highest BCUT2D eigenvalue weighted by Crippen LogP contribution is 2.25. The topological polar surface area (TPSA) is 34.5 Å². The Bertz CT molecular complexity index is 761. The normalized spacial score (nSPS) is 14.9. The summed E-state index contributed by atoms with van der Waals surface area (Å²) in [5.41, 5.74) is 4.32. The number of hydrogen-bond acceptors (Lipinski definition) is 2. The first kappa shape index (κ1) is 16.7. The summed E-state index contributed by atoms with van der Waals surface area (Å²) in [5.74, 6) is -0.242. The van der Waals surface area contributed by atoms with Crippen LogP contribution < -0.4 is 0 Å². The van der Waals surface area contributed by atoms with Crippen LogP contribution in [-0.4, -0.2) is 41.7 Å². The van der Waals surface area contributed by atoms with Gasteiger partial charge in [-0.2, -0.15) is 0 Å². The van der Waals surface area contributed by atoms with Crippen LogP contribution >= 0.6 is 0 Å². The molecule has 1 fully saturated rings. The fourth-order valence-corrected chi connectivity index (χ4v) is 3.21. The zero-order chi connectivity index (χ0) is 17.3. The zero-order valence-electron chi connectivity index (χ0n) is 14.4. The molecule has 1 amide bonds. The third kappa shape index (κ3) is 2.96. The molecular formula is C19H23FN2O2. The molecule has 1 aromatic heterocycles. The Balaban J connectivity index is 2.01. The summed E-state index contributed by atoms with van der Waals surface area (Å²) in [6, 6.07) is 6.72. The van der Waals surface area contributed by atoms with Crippen LogP contribution in [0.3, 0.4) is 0 Å². The summed E-state index contributed by atoms with van der Waals surface area (Å²) in [7, 11) is 0. The molecule has 128 valence electrons. The first-order chi connectivity index (χ1) is 11.5. The Kier molecular flexibility index (Phi) is 4.71. The molecular weight excluding hydrogens is 307 g/mol. The predicted molar refractivity (Wildman–Crippen MR) is 90.9 cm³/mol. The van der Waals surface area contributed by atoms with E-state index >= 15 is 0 Å². The number of nitrogens with zero attached hydrogens (tertiary/aromatic N) is 2. The van der Waals surface area contributed by atoms with Crippen molar-refractivity contribution in [2.45, 2.75) is 27.3 Å². The van der Waals surface area contributed by atoms with Gasteiger partial charge in [-0.05, 0) is 38.0 Å². The minimum atomic E-state index is -0.245. The Labute approximate surface area is 141 Å². The van der Waals surface area contributed by atoms with Gasteiger partial charge in [0.05, 0.1) is 19.8 Å². The number of halogens is 1. The molecule has 5 heteroatoms. The summed E-state index contributed by atoms with van der Waals surface area (Å²) < 4.78 is 21.4. The molecule has 4 nitrogen and oxygen atoms in total. The van der Waals surface area contributed by atoms with Crippen molar-refractivity contribution >= 4 is 5.91 Å².